The van der Waals surface area contributed by atoms with Gasteiger partial charge in [-0.15, -0.1) is 0 Å². The van der Waals surface area contributed by atoms with E-state index in [1.165, 1.54) is 44.5 Å². The summed E-state index contributed by atoms with van der Waals surface area (Å²) >= 11 is 0. The Morgan fingerprint density at radius 2 is 0.970 bits per heavy atom. The number of phenols is 2. The molecule has 0 heterocycles. The third-order valence-corrected chi connectivity index (χ3v) is 6.98. The number of benzene rings is 4. The minimum Gasteiger partial charge on any atom is -0.508 e. The Morgan fingerprint density at radius 3 is 1.39 bits per heavy atom. The van der Waals surface area contributed by atoms with E-state index in [1.54, 1.807) is 0 Å². The lowest BCUT2D eigenvalue weighted by atomic mass is 9.64. The fourth-order valence-electron chi connectivity index (χ4n) is 5.80. The third-order valence-electron chi connectivity index (χ3n) is 6.98. The molecule has 2 heteroatoms. The Kier molecular flexibility index (Phi) is 5.46. The second-order valence-electron chi connectivity index (χ2n) is 9.02. The van der Waals surface area contributed by atoms with E-state index >= 15 is 0 Å². The molecule has 166 valence electrons. The van der Waals surface area contributed by atoms with Crippen LogP contribution in [0.2, 0.25) is 0 Å². The standard InChI is InChI=1S/C31H30O2/c1-3-9-21-19-23(32)15-17-27(21)31(28-18-16-24(33)20-22(28)10-4-2)29-13-7-5-11-25(29)26-12-6-8-14-30(26)31/h5-8,11-20,32-33H,3-4,9-10H2,1-2H3. The molecule has 0 atom stereocenters. The second kappa shape index (κ2) is 8.44. The van der Waals surface area contributed by atoms with Crippen LogP contribution in [0.25, 0.3) is 11.1 Å². The van der Waals surface area contributed by atoms with Gasteiger partial charge >= 0.3 is 0 Å². The molecule has 0 amide bonds. The highest BCUT2D eigenvalue weighted by molar-refractivity contribution is 5.87. The minimum absolute atomic E-state index is 0.302. The van der Waals surface area contributed by atoms with Crippen LogP contribution in [0.4, 0.5) is 0 Å². The van der Waals surface area contributed by atoms with E-state index in [-0.39, 0.29) is 0 Å². The molecule has 4 aromatic carbocycles. The molecular formula is C31H30O2. The van der Waals surface area contributed by atoms with Crippen molar-refractivity contribution < 1.29 is 10.2 Å². The average Bonchev–Trinajstić information content (AvgIpc) is 3.11. The number of hydrogen-bond acceptors (Lipinski definition) is 2. The van der Waals surface area contributed by atoms with Gasteiger partial charge < -0.3 is 10.2 Å². The van der Waals surface area contributed by atoms with Gasteiger partial charge in [0.15, 0.2) is 0 Å². The number of hydrogen-bond donors (Lipinski definition) is 2. The van der Waals surface area contributed by atoms with Gasteiger partial charge in [-0.2, -0.15) is 0 Å². The zero-order valence-corrected chi connectivity index (χ0v) is 19.3. The van der Waals surface area contributed by atoms with Gasteiger partial charge in [0.25, 0.3) is 0 Å². The molecule has 0 spiro atoms. The molecule has 0 saturated carbocycles. The molecule has 4 aromatic rings. The van der Waals surface area contributed by atoms with Crippen molar-refractivity contribution in [3.05, 3.63) is 118 Å². The zero-order valence-electron chi connectivity index (χ0n) is 19.3. The van der Waals surface area contributed by atoms with Gasteiger partial charge in [-0.25, -0.2) is 0 Å². The van der Waals surface area contributed by atoms with Crippen molar-refractivity contribution >= 4 is 0 Å². The number of fused-ring (bicyclic) bond motifs is 3. The smallest absolute Gasteiger partial charge is 0.115 e. The summed E-state index contributed by atoms with van der Waals surface area (Å²) in [5.74, 6) is 0.604. The van der Waals surface area contributed by atoms with E-state index in [0.29, 0.717) is 11.5 Å². The van der Waals surface area contributed by atoms with Gasteiger partial charge in [-0.1, -0.05) is 87.4 Å². The summed E-state index contributed by atoms with van der Waals surface area (Å²) in [5, 5.41) is 20.8. The summed E-state index contributed by atoms with van der Waals surface area (Å²) in [7, 11) is 0. The molecule has 0 bridgehead atoms. The molecular weight excluding hydrogens is 404 g/mol. The van der Waals surface area contributed by atoms with Crippen molar-refractivity contribution in [2.75, 3.05) is 0 Å². The predicted octanol–water partition coefficient (Wildman–Crippen LogP) is 7.37. The summed E-state index contributed by atoms with van der Waals surface area (Å²) in [4.78, 5) is 0. The normalized spacial score (nSPS) is 13.5. The van der Waals surface area contributed by atoms with E-state index in [1.807, 2.05) is 24.3 Å². The number of aryl methyl sites for hydroxylation is 2. The molecule has 5 rings (SSSR count). The maximum atomic E-state index is 10.4. The Morgan fingerprint density at radius 1 is 0.545 bits per heavy atom. The van der Waals surface area contributed by atoms with E-state index < -0.39 is 5.41 Å². The Balaban J connectivity index is 1.98. The van der Waals surface area contributed by atoms with Gasteiger partial charge in [0, 0.05) is 0 Å². The van der Waals surface area contributed by atoms with E-state index in [2.05, 4.69) is 74.5 Å². The number of phenolic OH excluding ortho intramolecular Hbond substituents is 2. The Hall–Kier alpha value is -3.52. The van der Waals surface area contributed by atoms with Crippen molar-refractivity contribution in [2.45, 2.75) is 44.9 Å². The first-order valence-corrected chi connectivity index (χ1v) is 11.9. The van der Waals surface area contributed by atoms with Crippen molar-refractivity contribution in [1.29, 1.82) is 0 Å². The lowest BCUT2D eigenvalue weighted by Crippen LogP contribution is -2.31. The molecule has 0 fully saturated rings. The molecule has 2 N–H and O–H groups in total. The highest BCUT2D eigenvalue weighted by atomic mass is 16.3. The maximum absolute atomic E-state index is 10.4. The first-order chi connectivity index (χ1) is 16.1. The summed E-state index contributed by atoms with van der Waals surface area (Å²) in [6.07, 6.45) is 3.76. The molecule has 0 radical (unpaired) electrons. The molecule has 0 aliphatic heterocycles. The lowest BCUT2D eigenvalue weighted by Gasteiger charge is -2.37. The van der Waals surface area contributed by atoms with Crippen molar-refractivity contribution in [3.63, 3.8) is 0 Å². The van der Waals surface area contributed by atoms with Gasteiger partial charge in [0.05, 0.1) is 5.41 Å². The topological polar surface area (TPSA) is 40.5 Å². The third kappa shape index (κ3) is 3.24. The largest absolute Gasteiger partial charge is 0.508 e. The van der Waals surface area contributed by atoms with E-state index in [0.717, 1.165) is 25.7 Å². The van der Waals surface area contributed by atoms with Crippen molar-refractivity contribution in [3.8, 4) is 22.6 Å². The van der Waals surface area contributed by atoms with Crippen molar-refractivity contribution in [2.24, 2.45) is 0 Å². The van der Waals surface area contributed by atoms with Crippen molar-refractivity contribution in [1.82, 2.24) is 0 Å². The maximum Gasteiger partial charge on any atom is 0.115 e. The van der Waals surface area contributed by atoms with Crippen LogP contribution in [0, 0.1) is 0 Å². The molecule has 33 heavy (non-hydrogen) atoms. The highest BCUT2D eigenvalue weighted by Crippen LogP contribution is 2.57. The van der Waals surface area contributed by atoms with Gasteiger partial charge in [0.1, 0.15) is 11.5 Å². The zero-order chi connectivity index (χ0) is 23.0. The van der Waals surface area contributed by atoms with Crippen LogP contribution in [0.15, 0.2) is 84.9 Å². The van der Waals surface area contributed by atoms with E-state index in [9.17, 15) is 10.2 Å². The molecule has 0 saturated heterocycles. The van der Waals surface area contributed by atoms with Crippen LogP contribution in [0.3, 0.4) is 0 Å². The highest BCUT2D eigenvalue weighted by Gasteiger charge is 2.47. The fraction of sp³-hybridized carbons (Fsp3) is 0.226. The predicted molar refractivity (Wildman–Crippen MR) is 135 cm³/mol. The first kappa shape index (κ1) is 21.3. The number of rotatable bonds is 6. The molecule has 0 unspecified atom stereocenters. The van der Waals surface area contributed by atoms with E-state index in [4.69, 9.17) is 0 Å². The number of aromatic hydroxyl groups is 2. The van der Waals surface area contributed by atoms with Crippen LogP contribution in [0.1, 0.15) is 60.1 Å². The molecule has 1 aliphatic rings. The lowest BCUT2D eigenvalue weighted by molar-refractivity contribution is 0.473. The SMILES string of the molecule is CCCc1cc(O)ccc1C1(c2ccc(O)cc2CCC)c2ccccc2-c2ccccc21. The van der Waals surface area contributed by atoms with Gasteiger partial charge in [0.2, 0.25) is 0 Å². The van der Waals surface area contributed by atoms with Crippen LogP contribution in [0.5, 0.6) is 11.5 Å². The summed E-state index contributed by atoms with van der Waals surface area (Å²) in [5.41, 5.74) is 9.26. The summed E-state index contributed by atoms with van der Waals surface area (Å²) in [6, 6.07) is 29.1. The monoisotopic (exact) mass is 434 g/mol. The molecule has 1 aliphatic carbocycles. The van der Waals surface area contributed by atoms with Crippen LogP contribution >= 0.6 is 0 Å². The van der Waals surface area contributed by atoms with Crippen LogP contribution < -0.4 is 0 Å². The molecule has 0 aromatic heterocycles. The first-order valence-electron chi connectivity index (χ1n) is 11.9. The Bertz CT molecular complexity index is 1220. The second-order valence-corrected chi connectivity index (χ2v) is 9.02. The van der Waals surface area contributed by atoms with Crippen LogP contribution in [-0.4, -0.2) is 10.2 Å². The summed E-state index contributed by atoms with van der Waals surface area (Å²) < 4.78 is 0. The van der Waals surface area contributed by atoms with Gasteiger partial charge in [-0.05, 0) is 81.6 Å². The average molecular weight is 435 g/mol. The van der Waals surface area contributed by atoms with Crippen LogP contribution in [-0.2, 0) is 18.3 Å². The fourth-order valence-corrected chi connectivity index (χ4v) is 5.80. The van der Waals surface area contributed by atoms with Gasteiger partial charge in [-0.3, -0.25) is 0 Å². The minimum atomic E-state index is -0.510. The summed E-state index contributed by atoms with van der Waals surface area (Å²) in [6.45, 7) is 4.36. The Labute approximate surface area is 196 Å². The quantitative estimate of drug-likeness (QED) is 0.293. The molecule has 2 nitrogen and oxygen atoms in total.